The van der Waals surface area contributed by atoms with E-state index in [4.69, 9.17) is 5.73 Å². The molecule has 0 saturated carbocycles. The minimum atomic E-state index is 0.335. The lowest BCUT2D eigenvalue weighted by atomic mass is 9.81. The van der Waals surface area contributed by atoms with Crippen LogP contribution in [0, 0.1) is 0 Å². The summed E-state index contributed by atoms with van der Waals surface area (Å²) in [6.07, 6.45) is 2.22. The molecule has 0 saturated heterocycles. The fourth-order valence-electron chi connectivity index (χ4n) is 2.06. The molecule has 0 aromatic heterocycles. The van der Waals surface area contributed by atoms with Gasteiger partial charge >= 0.3 is 0 Å². The van der Waals surface area contributed by atoms with Crippen LogP contribution in [0.25, 0.3) is 0 Å². The van der Waals surface area contributed by atoms with Crippen LogP contribution in [0.2, 0.25) is 0 Å². The summed E-state index contributed by atoms with van der Waals surface area (Å²) in [4.78, 5) is 0. The van der Waals surface area contributed by atoms with Gasteiger partial charge in [-0.1, -0.05) is 35.0 Å². The van der Waals surface area contributed by atoms with Crippen molar-refractivity contribution < 1.29 is 0 Å². The van der Waals surface area contributed by atoms with Gasteiger partial charge in [0.25, 0.3) is 0 Å². The molecule has 1 aromatic carbocycles. The van der Waals surface area contributed by atoms with Crippen molar-refractivity contribution in [2.45, 2.75) is 31.7 Å². The molecule has 0 spiro atoms. The fraction of sp³-hybridized carbons (Fsp3) is 0.455. The van der Waals surface area contributed by atoms with Crippen LogP contribution in [-0.4, -0.2) is 6.04 Å². The maximum absolute atomic E-state index is 6.03. The smallest absolute Gasteiger partial charge is 0.0210 e. The monoisotopic (exact) mass is 239 g/mol. The van der Waals surface area contributed by atoms with Gasteiger partial charge in [0.05, 0.1) is 0 Å². The van der Waals surface area contributed by atoms with Crippen molar-refractivity contribution in [2.75, 3.05) is 0 Å². The topological polar surface area (TPSA) is 26.0 Å². The molecule has 1 aromatic rings. The Morgan fingerprint density at radius 2 is 2.23 bits per heavy atom. The zero-order valence-electron chi connectivity index (χ0n) is 7.76. The highest BCUT2D eigenvalue weighted by molar-refractivity contribution is 9.10. The Hall–Kier alpha value is -0.340. The minimum Gasteiger partial charge on any atom is -0.327 e. The van der Waals surface area contributed by atoms with Gasteiger partial charge in [-0.2, -0.15) is 0 Å². The summed E-state index contributed by atoms with van der Waals surface area (Å²) in [6.45, 7) is 2.22. The van der Waals surface area contributed by atoms with Crippen LogP contribution < -0.4 is 5.73 Å². The van der Waals surface area contributed by atoms with E-state index >= 15 is 0 Å². The van der Waals surface area contributed by atoms with Crippen molar-refractivity contribution >= 4 is 15.9 Å². The molecule has 2 N–H and O–H groups in total. The van der Waals surface area contributed by atoms with E-state index < -0.39 is 0 Å². The van der Waals surface area contributed by atoms with E-state index in [-0.39, 0.29) is 0 Å². The average Bonchev–Trinajstić information content (AvgIpc) is 2.12. The summed E-state index contributed by atoms with van der Waals surface area (Å²) in [5.74, 6) is 0.501. The van der Waals surface area contributed by atoms with Gasteiger partial charge < -0.3 is 5.73 Å². The lowest BCUT2D eigenvalue weighted by molar-refractivity contribution is 0.496. The summed E-state index contributed by atoms with van der Waals surface area (Å²) in [5.41, 5.74) is 8.91. The fourth-order valence-corrected chi connectivity index (χ4v) is 2.64. The number of nitrogens with two attached hydrogens (primary N) is 1. The van der Waals surface area contributed by atoms with Crippen LogP contribution in [0.5, 0.6) is 0 Å². The normalized spacial score (nSPS) is 27.0. The summed E-state index contributed by atoms with van der Waals surface area (Å²) >= 11 is 3.59. The summed E-state index contributed by atoms with van der Waals surface area (Å²) in [7, 11) is 0. The number of fused-ring (bicyclic) bond motifs is 1. The number of benzene rings is 1. The van der Waals surface area contributed by atoms with Crippen LogP contribution in [0.1, 0.15) is 30.4 Å². The van der Waals surface area contributed by atoms with Crippen molar-refractivity contribution in [3.8, 4) is 0 Å². The molecule has 1 aliphatic carbocycles. The van der Waals surface area contributed by atoms with E-state index in [2.05, 4.69) is 41.1 Å². The Kier molecular flexibility index (Phi) is 2.43. The molecule has 2 rings (SSSR count). The number of hydrogen-bond acceptors (Lipinski definition) is 1. The second-order valence-corrected chi connectivity index (χ2v) is 4.65. The molecule has 0 amide bonds. The third kappa shape index (κ3) is 1.53. The molecule has 0 radical (unpaired) electrons. The Morgan fingerprint density at radius 3 is 3.00 bits per heavy atom. The number of rotatable bonds is 0. The van der Waals surface area contributed by atoms with Gasteiger partial charge in [0, 0.05) is 10.5 Å². The quantitative estimate of drug-likeness (QED) is 0.741. The Balaban J connectivity index is 2.49. The molecule has 1 nitrogen and oxygen atoms in total. The Morgan fingerprint density at radius 1 is 1.46 bits per heavy atom. The molecule has 2 unspecified atom stereocenters. The molecule has 0 heterocycles. The Bertz CT molecular complexity index is 322. The molecule has 0 fully saturated rings. The first-order valence-corrected chi connectivity index (χ1v) is 5.52. The predicted molar refractivity (Wildman–Crippen MR) is 58.9 cm³/mol. The lowest BCUT2D eigenvalue weighted by Crippen LogP contribution is -2.31. The van der Waals surface area contributed by atoms with Gasteiger partial charge in [-0.3, -0.25) is 0 Å². The SMILES string of the molecule is CC1c2cccc(Br)c2CCC1N. The van der Waals surface area contributed by atoms with Crippen LogP contribution in [0.3, 0.4) is 0 Å². The zero-order valence-corrected chi connectivity index (χ0v) is 9.34. The van der Waals surface area contributed by atoms with E-state index in [9.17, 15) is 0 Å². The van der Waals surface area contributed by atoms with E-state index in [0.29, 0.717) is 12.0 Å². The number of hydrogen-bond donors (Lipinski definition) is 1. The number of halogens is 1. The first kappa shape index (κ1) is 9.22. The molecule has 0 aliphatic heterocycles. The van der Waals surface area contributed by atoms with Gasteiger partial charge in [-0.25, -0.2) is 0 Å². The molecular weight excluding hydrogens is 226 g/mol. The zero-order chi connectivity index (χ0) is 9.42. The first-order valence-electron chi connectivity index (χ1n) is 4.73. The van der Waals surface area contributed by atoms with Gasteiger partial charge in [-0.05, 0) is 36.0 Å². The van der Waals surface area contributed by atoms with Crippen molar-refractivity contribution in [3.63, 3.8) is 0 Å². The molecular formula is C11H14BrN. The Labute approximate surface area is 87.5 Å². The van der Waals surface area contributed by atoms with E-state index in [1.54, 1.807) is 0 Å². The largest absolute Gasteiger partial charge is 0.327 e. The van der Waals surface area contributed by atoms with Gasteiger partial charge in [-0.15, -0.1) is 0 Å². The van der Waals surface area contributed by atoms with Crippen molar-refractivity contribution in [1.82, 2.24) is 0 Å². The van der Waals surface area contributed by atoms with Gasteiger partial charge in [0.15, 0.2) is 0 Å². The second kappa shape index (κ2) is 3.43. The molecule has 70 valence electrons. The van der Waals surface area contributed by atoms with Gasteiger partial charge in [0.1, 0.15) is 0 Å². The van der Waals surface area contributed by atoms with Crippen molar-refractivity contribution in [1.29, 1.82) is 0 Å². The van der Waals surface area contributed by atoms with Crippen LogP contribution >= 0.6 is 15.9 Å². The predicted octanol–water partition coefficient (Wildman–Crippen LogP) is 2.83. The highest BCUT2D eigenvalue weighted by atomic mass is 79.9. The molecule has 13 heavy (non-hydrogen) atoms. The van der Waals surface area contributed by atoms with Crippen LogP contribution in [0.15, 0.2) is 22.7 Å². The third-order valence-corrected chi connectivity index (χ3v) is 3.76. The van der Waals surface area contributed by atoms with Crippen LogP contribution in [-0.2, 0) is 6.42 Å². The maximum atomic E-state index is 6.03. The summed E-state index contributed by atoms with van der Waals surface area (Å²) in [6, 6.07) is 6.74. The van der Waals surface area contributed by atoms with Crippen molar-refractivity contribution in [2.24, 2.45) is 5.73 Å². The van der Waals surface area contributed by atoms with Gasteiger partial charge in [0.2, 0.25) is 0 Å². The second-order valence-electron chi connectivity index (χ2n) is 3.80. The van der Waals surface area contributed by atoms with Crippen molar-refractivity contribution in [3.05, 3.63) is 33.8 Å². The highest BCUT2D eigenvalue weighted by Crippen LogP contribution is 2.34. The first-order chi connectivity index (χ1) is 6.20. The maximum Gasteiger partial charge on any atom is 0.0210 e. The van der Waals surface area contributed by atoms with E-state index in [0.717, 1.165) is 12.8 Å². The molecule has 1 aliphatic rings. The minimum absolute atomic E-state index is 0.335. The highest BCUT2D eigenvalue weighted by Gasteiger charge is 2.23. The van der Waals surface area contributed by atoms with E-state index in [1.807, 2.05) is 0 Å². The summed E-state index contributed by atoms with van der Waals surface area (Å²) in [5, 5.41) is 0. The summed E-state index contributed by atoms with van der Waals surface area (Å²) < 4.78 is 1.24. The lowest BCUT2D eigenvalue weighted by Gasteiger charge is -2.29. The average molecular weight is 240 g/mol. The third-order valence-electron chi connectivity index (χ3n) is 3.02. The molecule has 2 heteroatoms. The van der Waals surface area contributed by atoms with E-state index in [1.165, 1.54) is 15.6 Å². The van der Waals surface area contributed by atoms with Crippen LogP contribution in [0.4, 0.5) is 0 Å². The molecule has 2 atom stereocenters. The standard InChI is InChI=1S/C11H14BrN/c1-7-8-3-2-4-10(12)9(8)5-6-11(7)13/h2-4,7,11H,5-6,13H2,1H3. The molecule has 0 bridgehead atoms.